The van der Waals surface area contributed by atoms with E-state index in [1.807, 2.05) is 17.9 Å². The van der Waals surface area contributed by atoms with Gasteiger partial charge in [0.05, 0.1) is 0 Å². The molecule has 1 fully saturated rings. The molecule has 156 valence electrons. The number of aliphatic hydroxyl groups excluding tert-OH is 1. The molecule has 0 radical (unpaired) electrons. The van der Waals surface area contributed by atoms with Crippen LogP contribution >= 0.6 is 11.3 Å². The molecule has 1 amide bonds. The summed E-state index contributed by atoms with van der Waals surface area (Å²) in [6.07, 6.45) is 5.07. The molecule has 1 N–H and O–H groups in total. The molecule has 4 rings (SSSR count). The first kappa shape index (κ1) is 20.4. The molecule has 0 bridgehead atoms. The Hall–Kier alpha value is -1.89. The molecule has 1 saturated heterocycles. The molecule has 2 aromatic rings. The molecule has 5 nitrogen and oxygen atoms in total. The third-order valence-electron chi connectivity index (χ3n) is 5.89. The second-order valence-electron chi connectivity index (χ2n) is 7.71. The Labute approximate surface area is 175 Å². The number of carbonyl (C=O) groups is 1. The second kappa shape index (κ2) is 9.28. The first-order chi connectivity index (χ1) is 14.2. The molecule has 0 unspecified atom stereocenters. The first-order valence-electron chi connectivity index (χ1n) is 10.6. The van der Waals surface area contributed by atoms with Crippen LogP contribution in [0.1, 0.15) is 44.1 Å². The Morgan fingerprint density at radius 3 is 2.86 bits per heavy atom. The van der Waals surface area contributed by atoms with Crippen molar-refractivity contribution < 1.29 is 19.4 Å². The Morgan fingerprint density at radius 2 is 2.10 bits per heavy atom. The largest absolute Gasteiger partial charge is 0.459 e. The molecule has 3 heterocycles. The van der Waals surface area contributed by atoms with Gasteiger partial charge in [0.2, 0.25) is 6.29 Å². The van der Waals surface area contributed by atoms with E-state index in [9.17, 15) is 9.90 Å². The number of allylic oxidation sites excluding steroid dienone is 1. The Kier molecular flexibility index (Phi) is 6.53. The van der Waals surface area contributed by atoms with Crippen molar-refractivity contribution in [3.63, 3.8) is 0 Å². The minimum Gasteiger partial charge on any atom is -0.459 e. The molecule has 0 saturated carbocycles. The fraction of sp³-hybridized carbons (Fsp3) is 0.522. The topological polar surface area (TPSA) is 59.0 Å². The Bertz CT molecular complexity index is 871. The lowest BCUT2D eigenvalue weighted by Crippen LogP contribution is -2.39. The third kappa shape index (κ3) is 4.20. The van der Waals surface area contributed by atoms with Gasteiger partial charge >= 0.3 is 0 Å². The number of fused-ring (bicyclic) bond motifs is 1. The van der Waals surface area contributed by atoms with Gasteiger partial charge in [-0.15, -0.1) is 11.3 Å². The van der Waals surface area contributed by atoms with Crippen molar-refractivity contribution in [2.75, 3.05) is 26.3 Å². The van der Waals surface area contributed by atoms with Crippen molar-refractivity contribution >= 4 is 27.3 Å². The highest BCUT2D eigenvalue weighted by molar-refractivity contribution is 7.17. The van der Waals surface area contributed by atoms with E-state index in [2.05, 4.69) is 29.6 Å². The number of amides is 1. The van der Waals surface area contributed by atoms with Crippen LogP contribution in [-0.2, 0) is 14.3 Å². The van der Waals surface area contributed by atoms with Crippen molar-refractivity contribution in [2.24, 2.45) is 5.92 Å². The molecule has 2 aliphatic heterocycles. The van der Waals surface area contributed by atoms with Crippen molar-refractivity contribution in [1.82, 2.24) is 4.90 Å². The van der Waals surface area contributed by atoms with Crippen LogP contribution in [0.2, 0.25) is 0 Å². The summed E-state index contributed by atoms with van der Waals surface area (Å²) in [5.41, 5.74) is 1.22. The van der Waals surface area contributed by atoms with Crippen LogP contribution in [0.5, 0.6) is 0 Å². The molecule has 2 aliphatic rings. The molecule has 0 spiro atoms. The monoisotopic (exact) mass is 415 g/mol. The van der Waals surface area contributed by atoms with E-state index in [4.69, 9.17) is 9.47 Å². The highest BCUT2D eigenvalue weighted by Gasteiger charge is 2.39. The average molecular weight is 416 g/mol. The summed E-state index contributed by atoms with van der Waals surface area (Å²) >= 11 is 1.73. The number of hydrogen-bond acceptors (Lipinski definition) is 5. The van der Waals surface area contributed by atoms with E-state index < -0.39 is 6.29 Å². The minimum absolute atomic E-state index is 0.0181. The standard InChI is InChI=1S/C23H29NO4S/c1-2-27-23-17(9-7-13-25)18(19-15-29-21-10-4-3-8-16(19)21)14-20(28-23)22(26)24-11-5-6-12-24/h3-4,8,10,14-15,17-18,23,25H,2,5-7,9,11-13H2,1H3/t17-,18-,23+/m0/s1. The molecule has 1 aromatic carbocycles. The normalized spacial score (nSPS) is 24.6. The quantitative estimate of drug-likeness (QED) is 0.734. The Balaban J connectivity index is 1.74. The molecular formula is C23H29NO4S. The predicted octanol–water partition coefficient (Wildman–Crippen LogP) is 4.27. The van der Waals surface area contributed by atoms with Crippen molar-refractivity contribution in [1.29, 1.82) is 0 Å². The molecular weight excluding hydrogens is 386 g/mol. The van der Waals surface area contributed by atoms with E-state index >= 15 is 0 Å². The van der Waals surface area contributed by atoms with Crippen LogP contribution in [0.25, 0.3) is 10.1 Å². The van der Waals surface area contributed by atoms with Crippen LogP contribution in [0, 0.1) is 5.92 Å². The van der Waals surface area contributed by atoms with Gasteiger partial charge in [0.1, 0.15) is 0 Å². The number of thiophene rings is 1. The first-order valence-corrected chi connectivity index (χ1v) is 11.5. The van der Waals surface area contributed by atoms with Gasteiger partial charge in [-0.05, 0) is 61.1 Å². The predicted molar refractivity (Wildman–Crippen MR) is 115 cm³/mol. The molecule has 6 heteroatoms. The van der Waals surface area contributed by atoms with Gasteiger partial charge in [0, 0.05) is 42.8 Å². The number of benzene rings is 1. The van der Waals surface area contributed by atoms with Crippen molar-refractivity contribution in [3.8, 4) is 0 Å². The van der Waals surface area contributed by atoms with Gasteiger partial charge in [-0.2, -0.15) is 0 Å². The number of aliphatic hydroxyl groups is 1. The lowest BCUT2D eigenvalue weighted by molar-refractivity contribution is -0.169. The maximum Gasteiger partial charge on any atom is 0.288 e. The minimum atomic E-state index is -0.484. The molecule has 3 atom stereocenters. The number of carbonyl (C=O) groups excluding carboxylic acids is 1. The lowest BCUT2D eigenvalue weighted by atomic mass is 9.80. The SMILES string of the molecule is CCO[C@@H]1OC(C(=O)N2CCCC2)=C[C@H](c2csc3ccccc23)[C@@H]1CCCO. The number of nitrogens with zero attached hydrogens (tertiary/aromatic N) is 1. The van der Waals surface area contributed by atoms with Crippen LogP contribution in [0.15, 0.2) is 41.5 Å². The Morgan fingerprint density at radius 1 is 1.31 bits per heavy atom. The van der Waals surface area contributed by atoms with Gasteiger partial charge < -0.3 is 19.5 Å². The molecule has 1 aromatic heterocycles. The van der Waals surface area contributed by atoms with Gasteiger partial charge in [0.25, 0.3) is 5.91 Å². The van der Waals surface area contributed by atoms with Gasteiger partial charge in [-0.25, -0.2) is 0 Å². The highest BCUT2D eigenvalue weighted by atomic mass is 32.1. The van der Waals surface area contributed by atoms with Crippen molar-refractivity contribution in [3.05, 3.63) is 47.0 Å². The molecule has 0 aliphatic carbocycles. The number of rotatable bonds is 7. The van der Waals surface area contributed by atoms with Crippen LogP contribution in [0.3, 0.4) is 0 Å². The number of hydrogen-bond donors (Lipinski definition) is 1. The molecule has 29 heavy (non-hydrogen) atoms. The summed E-state index contributed by atoms with van der Waals surface area (Å²) in [6.45, 7) is 4.18. The van der Waals surface area contributed by atoms with E-state index in [1.54, 1.807) is 11.3 Å². The maximum atomic E-state index is 13.1. The fourth-order valence-corrected chi connectivity index (χ4v) is 5.45. The average Bonchev–Trinajstić information content (AvgIpc) is 3.42. The third-order valence-corrected chi connectivity index (χ3v) is 6.87. The highest BCUT2D eigenvalue weighted by Crippen LogP contribution is 2.43. The van der Waals surface area contributed by atoms with Crippen molar-refractivity contribution in [2.45, 2.75) is 44.8 Å². The zero-order valence-electron chi connectivity index (χ0n) is 16.9. The zero-order chi connectivity index (χ0) is 20.2. The number of likely N-dealkylation sites (tertiary alicyclic amines) is 1. The maximum absolute atomic E-state index is 13.1. The van der Waals surface area contributed by atoms with Crippen LogP contribution < -0.4 is 0 Å². The van der Waals surface area contributed by atoms with E-state index in [0.717, 1.165) is 32.4 Å². The summed E-state index contributed by atoms with van der Waals surface area (Å²) in [5.74, 6) is 0.447. The summed E-state index contributed by atoms with van der Waals surface area (Å²) < 4.78 is 13.3. The van der Waals surface area contributed by atoms with E-state index in [-0.39, 0.29) is 24.3 Å². The fourth-order valence-electron chi connectivity index (χ4n) is 4.45. The van der Waals surface area contributed by atoms with Gasteiger partial charge in [-0.1, -0.05) is 18.2 Å². The van der Waals surface area contributed by atoms with Crippen LogP contribution in [-0.4, -0.2) is 48.5 Å². The lowest BCUT2D eigenvalue weighted by Gasteiger charge is -2.37. The summed E-state index contributed by atoms with van der Waals surface area (Å²) in [7, 11) is 0. The van der Waals surface area contributed by atoms with Crippen LogP contribution in [0.4, 0.5) is 0 Å². The van der Waals surface area contributed by atoms with E-state index in [1.165, 1.54) is 15.6 Å². The zero-order valence-corrected chi connectivity index (χ0v) is 17.7. The van der Waals surface area contributed by atoms with Gasteiger partial charge in [0.15, 0.2) is 5.76 Å². The smallest absolute Gasteiger partial charge is 0.288 e. The van der Waals surface area contributed by atoms with E-state index in [0.29, 0.717) is 18.8 Å². The second-order valence-corrected chi connectivity index (χ2v) is 8.63. The summed E-state index contributed by atoms with van der Waals surface area (Å²) in [4.78, 5) is 15.0. The summed E-state index contributed by atoms with van der Waals surface area (Å²) in [6, 6.07) is 8.38. The number of ether oxygens (including phenoxy) is 2. The summed E-state index contributed by atoms with van der Waals surface area (Å²) in [5, 5.41) is 12.8. The van der Waals surface area contributed by atoms with Gasteiger partial charge in [-0.3, -0.25) is 4.79 Å².